The van der Waals surface area contributed by atoms with Gasteiger partial charge in [0, 0.05) is 45.1 Å². The van der Waals surface area contributed by atoms with Crippen molar-refractivity contribution in [3.8, 4) is 0 Å². The van der Waals surface area contributed by atoms with E-state index in [4.69, 9.17) is 4.74 Å². The van der Waals surface area contributed by atoms with E-state index >= 15 is 0 Å². The van der Waals surface area contributed by atoms with Gasteiger partial charge in [0.05, 0.1) is 6.10 Å². The Bertz CT molecular complexity index is 393. The van der Waals surface area contributed by atoms with Crippen LogP contribution in [0, 0.1) is 0 Å². The fraction of sp³-hybridized carbons (Fsp3) is 0.571. The van der Waals surface area contributed by atoms with Crippen LogP contribution in [0.1, 0.15) is 18.5 Å². The number of pyridine rings is 1. The van der Waals surface area contributed by atoms with Crippen LogP contribution in [0.15, 0.2) is 29.4 Å². The lowest BCUT2D eigenvalue weighted by molar-refractivity contribution is 0.114. The molecule has 2 rings (SSSR count). The van der Waals surface area contributed by atoms with E-state index in [0.717, 1.165) is 50.6 Å². The fourth-order valence-electron chi connectivity index (χ4n) is 2.09. The Balaban J connectivity index is 0.00000200. The molecule has 1 aromatic rings. The number of aliphatic imine (C=N–C) groups is 1. The molecule has 2 N–H and O–H groups in total. The molecule has 1 aliphatic rings. The molecule has 0 amide bonds. The van der Waals surface area contributed by atoms with E-state index in [2.05, 4.69) is 20.6 Å². The minimum atomic E-state index is 0. The van der Waals surface area contributed by atoms with Crippen LogP contribution in [0.3, 0.4) is 0 Å². The highest BCUT2D eigenvalue weighted by molar-refractivity contribution is 14.0. The van der Waals surface area contributed by atoms with E-state index in [1.807, 2.05) is 24.4 Å². The molecule has 0 bridgehead atoms. The Labute approximate surface area is 137 Å². The SMILES string of the molecule is CN=C(NCCc1ccccn1)NCC1CCCO1.I. The standard InChI is InChI=1S/C14H22N4O.HI/c1-15-14(18-11-13-6-4-10-19-13)17-9-7-12-5-2-3-8-16-12;/h2-3,5,8,13H,4,6-7,9-11H2,1H3,(H2,15,17,18);1H. The maximum absolute atomic E-state index is 5.57. The van der Waals surface area contributed by atoms with E-state index < -0.39 is 0 Å². The van der Waals surface area contributed by atoms with Crippen LogP contribution < -0.4 is 10.6 Å². The lowest BCUT2D eigenvalue weighted by Crippen LogP contribution is -2.41. The first-order chi connectivity index (χ1) is 9.38. The topological polar surface area (TPSA) is 58.5 Å². The largest absolute Gasteiger partial charge is 0.376 e. The first-order valence-electron chi connectivity index (χ1n) is 6.84. The molecule has 5 nitrogen and oxygen atoms in total. The number of rotatable bonds is 5. The Morgan fingerprint density at radius 2 is 2.35 bits per heavy atom. The van der Waals surface area contributed by atoms with Crippen LogP contribution in [0.4, 0.5) is 0 Å². The molecule has 0 radical (unpaired) electrons. The second kappa shape index (κ2) is 9.93. The molecule has 1 aromatic heterocycles. The highest BCUT2D eigenvalue weighted by atomic mass is 127. The van der Waals surface area contributed by atoms with Gasteiger partial charge in [0.15, 0.2) is 5.96 Å². The van der Waals surface area contributed by atoms with Crippen molar-refractivity contribution >= 4 is 29.9 Å². The van der Waals surface area contributed by atoms with E-state index in [-0.39, 0.29) is 24.0 Å². The molecule has 112 valence electrons. The molecule has 1 unspecified atom stereocenters. The summed E-state index contributed by atoms with van der Waals surface area (Å²) in [4.78, 5) is 8.49. The highest BCUT2D eigenvalue weighted by Gasteiger charge is 2.15. The molecule has 1 aliphatic heterocycles. The Morgan fingerprint density at radius 3 is 3.00 bits per heavy atom. The van der Waals surface area contributed by atoms with Crippen LogP contribution in [0.2, 0.25) is 0 Å². The van der Waals surface area contributed by atoms with Crippen LogP contribution in [0.25, 0.3) is 0 Å². The van der Waals surface area contributed by atoms with Crippen LogP contribution in [0.5, 0.6) is 0 Å². The van der Waals surface area contributed by atoms with E-state index in [1.54, 1.807) is 7.05 Å². The van der Waals surface area contributed by atoms with Gasteiger partial charge in [-0.15, -0.1) is 24.0 Å². The van der Waals surface area contributed by atoms with Crippen LogP contribution >= 0.6 is 24.0 Å². The molecule has 2 heterocycles. The third kappa shape index (κ3) is 6.04. The first kappa shape index (κ1) is 17.2. The van der Waals surface area contributed by atoms with Gasteiger partial charge in [0.25, 0.3) is 0 Å². The fourth-order valence-corrected chi connectivity index (χ4v) is 2.09. The van der Waals surface area contributed by atoms with Gasteiger partial charge in [0.1, 0.15) is 0 Å². The number of hydrogen-bond donors (Lipinski definition) is 2. The van der Waals surface area contributed by atoms with E-state index in [1.165, 1.54) is 0 Å². The van der Waals surface area contributed by atoms with Crippen LogP contribution in [-0.4, -0.2) is 43.8 Å². The summed E-state index contributed by atoms with van der Waals surface area (Å²) in [6.07, 6.45) is 5.34. The predicted octanol–water partition coefficient (Wildman–Crippen LogP) is 1.59. The van der Waals surface area contributed by atoms with Crippen molar-refractivity contribution in [1.29, 1.82) is 0 Å². The maximum atomic E-state index is 5.57. The Morgan fingerprint density at radius 1 is 1.45 bits per heavy atom. The van der Waals surface area contributed by atoms with Crippen molar-refractivity contribution in [3.63, 3.8) is 0 Å². The van der Waals surface area contributed by atoms with Crippen molar-refractivity contribution in [2.75, 3.05) is 26.7 Å². The van der Waals surface area contributed by atoms with Crippen molar-refractivity contribution in [2.45, 2.75) is 25.4 Å². The normalized spacial score (nSPS) is 18.4. The van der Waals surface area contributed by atoms with Gasteiger partial charge in [-0.3, -0.25) is 9.98 Å². The van der Waals surface area contributed by atoms with Gasteiger partial charge in [0.2, 0.25) is 0 Å². The number of guanidine groups is 1. The van der Waals surface area contributed by atoms with E-state index in [9.17, 15) is 0 Å². The summed E-state index contributed by atoms with van der Waals surface area (Å²) in [5, 5.41) is 6.58. The smallest absolute Gasteiger partial charge is 0.191 e. The molecule has 6 heteroatoms. The number of hydrogen-bond acceptors (Lipinski definition) is 3. The molecule has 1 fully saturated rings. The summed E-state index contributed by atoms with van der Waals surface area (Å²) in [6.45, 7) is 2.53. The van der Waals surface area contributed by atoms with Crippen molar-refractivity contribution < 1.29 is 4.74 Å². The number of nitrogens with one attached hydrogen (secondary N) is 2. The lowest BCUT2D eigenvalue weighted by atomic mass is 10.2. The van der Waals surface area contributed by atoms with Gasteiger partial charge >= 0.3 is 0 Å². The number of ether oxygens (including phenoxy) is 1. The van der Waals surface area contributed by atoms with Crippen molar-refractivity contribution in [2.24, 2.45) is 4.99 Å². The summed E-state index contributed by atoms with van der Waals surface area (Å²) < 4.78 is 5.57. The minimum Gasteiger partial charge on any atom is -0.376 e. The first-order valence-corrected chi connectivity index (χ1v) is 6.84. The maximum Gasteiger partial charge on any atom is 0.191 e. The third-order valence-electron chi connectivity index (χ3n) is 3.14. The Kier molecular flexibility index (Phi) is 8.52. The Hall–Kier alpha value is -0.890. The monoisotopic (exact) mass is 390 g/mol. The van der Waals surface area contributed by atoms with Crippen LogP contribution in [-0.2, 0) is 11.2 Å². The summed E-state index contributed by atoms with van der Waals surface area (Å²) in [6, 6.07) is 5.97. The second-order valence-electron chi connectivity index (χ2n) is 4.59. The summed E-state index contributed by atoms with van der Waals surface area (Å²) in [7, 11) is 1.78. The van der Waals surface area contributed by atoms with Gasteiger partial charge in [-0.1, -0.05) is 6.07 Å². The molecule has 0 aromatic carbocycles. The minimum absolute atomic E-state index is 0. The average molecular weight is 390 g/mol. The average Bonchev–Trinajstić information content (AvgIpc) is 2.97. The van der Waals surface area contributed by atoms with Gasteiger partial charge < -0.3 is 15.4 Å². The number of nitrogens with zero attached hydrogens (tertiary/aromatic N) is 2. The predicted molar refractivity (Wildman–Crippen MR) is 91.7 cm³/mol. The molecule has 1 saturated heterocycles. The van der Waals surface area contributed by atoms with Gasteiger partial charge in [-0.05, 0) is 25.0 Å². The number of aromatic nitrogens is 1. The lowest BCUT2D eigenvalue weighted by Gasteiger charge is -2.14. The second-order valence-corrected chi connectivity index (χ2v) is 4.59. The summed E-state index contributed by atoms with van der Waals surface area (Å²) in [5.74, 6) is 0.825. The van der Waals surface area contributed by atoms with Gasteiger partial charge in [-0.25, -0.2) is 0 Å². The molecule has 0 spiro atoms. The third-order valence-corrected chi connectivity index (χ3v) is 3.14. The highest BCUT2D eigenvalue weighted by Crippen LogP contribution is 2.10. The van der Waals surface area contributed by atoms with Crippen molar-refractivity contribution in [1.82, 2.24) is 15.6 Å². The summed E-state index contributed by atoms with van der Waals surface area (Å²) >= 11 is 0. The van der Waals surface area contributed by atoms with Crippen molar-refractivity contribution in [3.05, 3.63) is 30.1 Å². The zero-order valence-corrected chi connectivity index (χ0v) is 14.2. The van der Waals surface area contributed by atoms with E-state index in [0.29, 0.717) is 6.10 Å². The molecular weight excluding hydrogens is 367 g/mol. The molecule has 0 aliphatic carbocycles. The molecule has 20 heavy (non-hydrogen) atoms. The zero-order chi connectivity index (χ0) is 13.3. The summed E-state index contributed by atoms with van der Waals surface area (Å²) in [5.41, 5.74) is 1.09. The molecule has 0 saturated carbocycles. The molecular formula is C14H23IN4O. The quantitative estimate of drug-likeness (QED) is 0.456. The number of halogens is 1. The van der Waals surface area contributed by atoms with Gasteiger partial charge in [-0.2, -0.15) is 0 Å². The zero-order valence-electron chi connectivity index (χ0n) is 11.8. The molecule has 1 atom stereocenters.